The number of hydrogen-bond donors (Lipinski definition) is 0. The first-order valence-corrected chi connectivity index (χ1v) is 5.81. The number of rotatable bonds is 7. The summed E-state index contributed by atoms with van der Waals surface area (Å²) in [6.07, 6.45) is 9.82. The van der Waals surface area contributed by atoms with E-state index in [1.165, 1.54) is 18.4 Å². The van der Waals surface area contributed by atoms with Gasteiger partial charge in [0.05, 0.1) is 0 Å². The summed E-state index contributed by atoms with van der Waals surface area (Å²) in [5.74, 6) is 0.618. The van der Waals surface area contributed by atoms with E-state index in [1.54, 1.807) is 5.54 Å². The highest BCUT2D eigenvalue weighted by Crippen LogP contribution is 2.14. The summed E-state index contributed by atoms with van der Waals surface area (Å²) in [5, 5.41) is 0. The molecule has 0 N–H and O–H groups in total. The maximum Gasteiger partial charge on any atom is 0.0404 e. The minimum atomic E-state index is 0.618. The molecule has 0 heterocycles. The van der Waals surface area contributed by atoms with Crippen LogP contribution < -0.4 is 0 Å². The molecule has 0 amide bonds. The van der Waals surface area contributed by atoms with Gasteiger partial charge in [-0.15, -0.1) is 11.6 Å². The van der Waals surface area contributed by atoms with E-state index in [0.29, 0.717) is 5.88 Å². The minimum Gasteiger partial charge on any atom is -0.122 e. The molecule has 0 saturated carbocycles. The van der Waals surface area contributed by atoms with Crippen LogP contribution in [-0.2, 0) is 0 Å². The fourth-order valence-electron chi connectivity index (χ4n) is 1.18. The van der Waals surface area contributed by atoms with Crippen LogP contribution in [0, 0.1) is 0 Å². The van der Waals surface area contributed by atoms with Crippen molar-refractivity contribution < 1.29 is 0 Å². The number of hydrogen-bond acceptors (Lipinski definition) is 0. The molecule has 0 rings (SSSR count). The molecule has 76 valence electrons. The lowest BCUT2D eigenvalue weighted by Crippen LogP contribution is -1.82. The van der Waals surface area contributed by atoms with Crippen LogP contribution in [0.15, 0.2) is 23.3 Å². The second-order valence-corrected chi connectivity index (χ2v) is 3.56. The number of alkyl halides is 1. The highest BCUT2D eigenvalue weighted by Gasteiger charge is 1.94. The number of unbranched alkanes of at least 4 members (excludes halogenated alkanes) is 1. The lowest BCUT2D eigenvalue weighted by atomic mass is 10.1. The van der Waals surface area contributed by atoms with Gasteiger partial charge in [0, 0.05) is 11.4 Å². The summed E-state index contributed by atoms with van der Waals surface area (Å²) >= 11 is 11.2. The summed E-state index contributed by atoms with van der Waals surface area (Å²) in [6, 6.07) is 0. The first-order chi connectivity index (χ1) is 6.35. The second-order valence-electron chi connectivity index (χ2n) is 3.04. The molecule has 0 atom stereocenters. The standard InChI is InChI=1S/C11H18Cl2/c1-2-7-11(10-13)8-5-3-4-6-9-12/h4,6,10H,2-3,5,7-9H2,1H3. The zero-order valence-corrected chi connectivity index (χ0v) is 9.74. The summed E-state index contributed by atoms with van der Waals surface area (Å²) in [6.45, 7) is 2.17. The lowest BCUT2D eigenvalue weighted by molar-refractivity contribution is 0.771. The van der Waals surface area contributed by atoms with Gasteiger partial charge in [0.25, 0.3) is 0 Å². The molecule has 0 fully saturated rings. The SMILES string of the molecule is CCCC(=CCl)CCCC=CCCl. The van der Waals surface area contributed by atoms with Gasteiger partial charge in [0.15, 0.2) is 0 Å². The lowest BCUT2D eigenvalue weighted by Gasteiger charge is -2.02. The van der Waals surface area contributed by atoms with E-state index in [1.807, 2.05) is 6.08 Å². The first kappa shape index (κ1) is 13.1. The summed E-state index contributed by atoms with van der Waals surface area (Å²) in [5.41, 5.74) is 3.10. The Morgan fingerprint density at radius 3 is 2.54 bits per heavy atom. The van der Waals surface area contributed by atoms with Gasteiger partial charge in [-0.05, 0) is 25.7 Å². The number of allylic oxidation sites excluding steroid dienone is 3. The normalized spacial score (nSPS) is 12.7. The Morgan fingerprint density at radius 2 is 2.00 bits per heavy atom. The number of halogens is 2. The average Bonchev–Trinajstić information content (AvgIpc) is 2.16. The van der Waals surface area contributed by atoms with E-state index in [2.05, 4.69) is 13.0 Å². The maximum absolute atomic E-state index is 5.69. The van der Waals surface area contributed by atoms with Crippen molar-refractivity contribution >= 4 is 23.2 Å². The fourth-order valence-corrected chi connectivity index (χ4v) is 1.53. The quantitative estimate of drug-likeness (QED) is 0.326. The van der Waals surface area contributed by atoms with Crippen LogP contribution in [0.4, 0.5) is 0 Å². The predicted molar refractivity (Wildman–Crippen MR) is 62.6 cm³/mol. The molecule has 0 aromatic carbocycles. The molecule has 0 aromatic rings. The van der Waals surface area contributed by atoms with Crippen molar-refractivity contribution in [1.29, 1.82) is 0 Å². The third-order valence-corrected chi connectivity index (χ3v) is 2.34. The molecule has 0 bridgehead atoms. The van der Waals surface area contributed by atoms with Gasteiger partial charge in [-0.25, -0.2) is 0 Å². The Labute approximate surface area is 91.6 Å². The van der Waals surface area contributed by atoms with Gasteiger partial charge in [-0.3, -0.25) is 0 Å². The van der Waals surface area contributed by atoms with Gasteiger partial charge in [0.2, 0.25) is 0 Å². The van der Waals surface area contributed by atoms with Gasteiger partial charge < -0.3 is 0 Å². The third-order valence-electron chi connectivity index (χ3n) is 1.85. The van der Waals surface area contributed by atoms with Crippen LogP contribution in [0.5, 0.6) is 0 Å². The van der Waals surface area contributed by atoms with Gasteiger partial charge in [-0.1, -0.05) is 42.7 Å². The Hall–Kier alpha value is 0.0600. The molecular weight excluding hydrogens is 203 g/mol. The summed E-state index contributed by atoms with van der Waals surface area (Å²) in [4.78, 5) is 0. The molecule has 13 heavy (non-hydrogen) atoms. The van der Waals surface area contributed by atoms with E-state index in [9.17, 15) is 0 Å². The van der Waals surface area contributed by atoms with Crippen molar-refractivity contribution in [3.05, 3.63) is 23.3 Å². The Balaban J connectivity index is 3.44. The molecule has 0 aliphatic heterocycles. The fraction of sp³-hybridized carbons (Fsp3) is 0.636. The van der Waals surface area contributed by atoms with E-state index >= 15 is 0 Å². The monoisotopic (exact) mass is 220 g/mol. The molecule has 0 aromatic heterocycles. The van der Waals surface area contributed by atoms with Gasteiger partial charge in [0.1, 0.15) is 0 Å². The molecule has 0 aliphatic rings. The van der Waals surface area contributed by atoms with Crippen molar-refractivity contribution in [2.24, 2.45) is 0 Å². The van der Waals surface area contributed by atoms with Gasteiger partial charge >= 0.3 is 0 Å². The van der Waals surface area contributed by atoms with E-state index in [-0.39, 0.29) is 0 Å². The third kappa shape index (κ3) is 8.39. The van der Waals surface area contributed by atoms with Crippen molar-refractivity contribution in [3.8, 4) is 0 Å². The van der Waals surface area contributed by atoms with Crippen molar-refractivity contribution in [3.63, 3.8) is 0 Å². The molecule has 0 aliphatic carbocycles. The topological polar surface area (TPSA) is 0 Å². The van der Waals surface area contributed by atoms with Crippen molar-refractivity contribution in [2.45, 2.75) is 39.0 Å². The Morgan fingerprint density at radius 1 is 1.23 bits per heavy atom. The average molecular weight is 221 g/mol. The van der Waals surface area contributed by atoms with E-state index in [4.69, 9.17) is 23.2 Å². The zero-order valence-electron chi connectivity index (χ0n) is 8.23. The molecule has 0 nitrogen and oxygen atoms in total. The molecule has 0 saturated heterocycles. The summed E-state index contributed by atoms with van der Waals surface area (Å²) in [7, 11) is 0. The maximum atomic E-state index is 5.69. The smallest absolute Gasteiger partial charge is 0.0404 e. The van der Waals surface area contributed by atoms with Crippen molar-refractivity contribution in [2.75, 3.05) is 5.88 Å². The molecule has 2 heteroatoms. The Bertz CT molecular complexity index is 159. The van der Waals surface area contributed by atoms with E-state index < -0.39 is 0 Å². The zero-order chi connectivity index (χ0) is 9.94. The molecule has 0 radical (unpaired) electrons. The summed E-state index contributed by atoms with van der Waals surface area (Å²) < 4.78 is 0. The largest absolute Gasteiger partial charge is 0.122 e. The molecule has 0 spiro atoms. The highest BCUT2D eigenvalue weighted by atomic mass is 35.5. The first-order valence-electron chi connectivity index (χ1n) is 4.84. The van der Waals surface area contributed by atoms with Crippen LogP contribution >= 0.6 is 23.2 Å². The van der Waals surface area contributed by atoms with Crippen LogP contribution in [0.2, 0.25) is 0 Å². The van der Waals surface area contributed by atoms with Crippen LogP contribution in [0.1, 0.15) is 39.0 Å². The van der Waals surface area contributed by atoms with Crippen molar-refractivity contribution in [1.82, 2.24) is 0 Å². The van der Waals surface area contributed by atoms with E-state index in [0.717, 1.165) is 19.3 Å². The molecule has 0 unspecified atom stereocenters. The molecular formula is C11H18Cl2. The highest BCUT2D eigenvalue weighted by molar-refractivity contribution is 6.25. The predicted octanol–water partition coefficient (Wildman–Crippen LogP) is 4.87. The second kappa shape index (κ2) is 10.1. The van der Waals surface area contributed by atoms with Gasteiger partial charge in [-0.2, -0.15) is 0 Å². The van der Waals surface area contributed by atoms with Crippen LogP contribution in [0.25, 0.3) is 0 Å². The van der Waals surface area contributed by atoms with Crippen LogP contribution in [-0.4, -0.2) is 5.88 Å². The minimum absolute atomic E-state index is 0.618. The Kier molecular flexibility index (Phi) is 10.2. The van der Waals surface area contributed by atoms with Crippen LogP contribution in [0.3, 0.4) is 0 Å².